The summed E-state index contributed by atoms with van der Waals surface area (Å²) in [6.45, 7) is 4.05. The molecule has 27 heavy (non-hydrogen) atoms. The zero-order valence-electron chi connectivity index (χ0n) is 16.0. The second-order valence-corrected chi connectivity index (χ2v) is 7.82. The average molecular weight is 379 g/mol. The van der Waals surface area contributed by atoms with E-state index in [-0.39, 0.29) is 5.91 Å². The molecular weight excluding hydrogens is 356 g/mol. The number of amides is 1. The summed E-state index contributed by atoms with van der Waals surface area (Å²) in [4.78, 5) is 19.6. The van der Waals surface area contributed by atoms with Gasteiger partial charge in [0.2, 0.25) is 0 Å². The van der Waals surface area contributed by atoms with Crippen LogP contribution < -0.4 is 4.90 Å². The summed E-state index contributed by atoms with van der Waals surface area (Å²) < 4.78 is 0. The lowest BCUT2D eigenvalue weighted by Gasteiger charge is -2.21. The number of aryl methyl sites for hydroxylation is 3. The summed E-state index contributed by atoms with van der Waals surface area (Å²) in [7, 11) is 1.82. The number of anilines is 1. The molecule has 1 aromatic heterocycles. The van der Waals surface area contributed by atoms with Crippen LogP contribution in [-0.4, -0.2) is 17.9 Å². The number of nitrogens with zero attached hydrogens (tertiary/aromatic N) is 2. The van der Waals surface area contributed by atoms with Crippen molar-refractivity contribution in [2.75, 3.05) is 11.9 Å². The van der Waals surface area contributed by atoms with Crippen molar-refractivity contribution in [1.29, 1.82) is 0 Å². The fourth-order valence-electron chi connectivity index (χ4n) is 3.88. The van der Waals surface area contributed by atoms with Crippen molar-refractivity contribution in [3.63, 3.8) is 0 Å². The van der Waals surface area contributed by atoms with Crippen LogP contribution in [0.1, 0.15) is 45.6 Å². The zero-order valence-corrected chi connectivity index (χ0v) is 16.7. The molecule has 1 aliphatic carbocycles. The van der Waals surface area contributed by atoms with Crippen molar-refractivity contribution in [2.45, 2.75) is 39.5 Å². The minimum Gasteiger partial charge on any atom is -0.311 e. The molecule has 1 amide bonds. The standard InChI is InChI=1S/C23H23ClN2O/c1-14-8-9-15(2)21(12-14)26(3)23(27)16-10-11-18-20(13-16)25-19-7-5-4-6-17(19)22(18)24/h8-13H,4-7H2,1-3H3. The number of halogens is 1. The number of benzene rings is 2. The molecule has 0 fully saturated rings. The lowest BCUT2D eigenvalue weighted by atomic mass is 9.94. The lowest BCUT2D eigenvalue weighted by Crippen LogP contribution is -2.27. The molecule has 0 N–H and O–H groups in total. The number of carbonyl (C=O) groups excluding carboxylic acids is 1. The first-order chi connectivity index (χ1) is 13.0. The minimum atomic E-state index is -0.0405. The molecule has 0 radical (unpaired) electrons. The second-order valence-electron chi connectivity index (χ2n) is 7.44. The average Bonchev–Trinajstić information content (AvgIpc) is 2.68. The summed E-state index contributed by atoms with van der Waals surface area (Å²) in [5.74, 6) is -0.0405. The molecule has 1 aliphatic rings. The van der Waals surface area contributed by atoms with E-state index < -0.39 is 0 Å². The van der Waals surface area contributed by atoms with Gasteiger partial charge in [0.1, 0.15) is 0 Å². The molecule has 2 aromatic carbocycles. The molecular formula is C23H23ClN2O. The monoisotopic (exact) mass is 378 g/mol. The Hall–Kier alpha value is -2.39. The van der Waals surface area contributed by atoms with Crippen molar-refractivity contribution in [2.24, 2.45) is 0 Å². The summed E-state index contributed by atoms with van der Waals surface area (Å²) in [5.41, 5.74) is 6.84. The van der Waals surface area contributed by atoms with Crippen LogP contribution in [0.3, 0.4) is 0 Å². The van der Waals surface area contributed by atoms with Crippen LogP contribution in [0.25, 0.3) is 10.9 Å². The third-order valence-corrected chi connectivity index (χ3v) is 5.90. The maximum absolute atomic E-state index is 13.1. The topological polar surface area (TPSA) is 33.2 Å². The van der Waals surface area contributed by atoms with E-state index >= 15 is 0 Å². The molecule has 0 saturated carbocycles. The Morgan fingerprint density at radius 2 is 1.85 bits per heavy atom. The van der Waals surface area contributed by atoms with Gasteiger partial charge in [-0.05, 0) is 74.4 Å². The van der Waals surface area contributed by atoms with E-state index in [2.05, 4.69) is 6.07 Å². The van der Waals surface area contributed by atoms with Crippen LogP contribution in [0, 0.1) is 13.8 Å². The van der Waals surface area contributed by atoms with Gasteiger partial charge in [-0.3, -0.25) is 9.78 Å². The Balaban J connectivity index is 1.75. The third-order valence-electron chi connectivity index (χ3n) is 5.47. The molecule has 4 rings (SSSR count). The Morgan fingerprint density at radius 1 is 1.07 bits per heavy atom. The molecule has 1 heterocycles. The smallest absolute Gasteiger partial charge is 0.258 e. The number of hydrogen-bond acceptors (Lipinski definition) is 2. The maximum atomic E-state index is 13.1. The van der Waals surface area contributed by atoms with Crippen molar-refractivity contribution in [3.05, 3.63) is 69.4 Å². The van der Waals surface area contributed by atoms with Gasteiger partial charge in [0.25, 0.3) is 5.91 Å². The second kappa shape index (κ2) is 6.97. The Bertz CT molecular complexity index is 1060. The Morgan fingerprint density at radius 3 is 2.67 bits per heavy atom. The predicted octanol–water partition coefficient (Wildman–Crippen LogP) is 5.66. The first-order valence-corrected chi connectivity index (χ1v) is 9.80. The van der Waals surface area contributed by atoms with E-state index in [1.165, 1.54) is 5.56 Å². The van der Waals surface area contributed by atoms with Gasteiger partial charge >= 0.3 is 0 Å². The van der Waals surface area contributed by atoms with E-state index in [1.807, 2.05) is 51.2 Å². The highest BCUT2D eigenvalue weighted by Crippen LogP contribution is 2.33. The number of rotatable bonds is 2. The first kappa shape index (κ1) is 18.0. The van der Waals surface area contributed by atoms with Crippen LogP contribution in [0.4, 0.5) is 5.69 Å². The predicted molar refractivity (Wildman–Crippen MR) is 112 cm³/mol. The molecule has 0 spiro atoms. The van der Waals surface area contributed by atoms with Crippen LogP contribution in [0.15, 0.2) is 36.4 Å². The number of pyridine rings is 1. The summed E-state index contributed by atoms with van der Waals surface area (Å²) in [6, 6.07) is 11.8. The Labute approximate surface area is 165 Å². The van der Waals surface area contributed by atoms with Crippen molar-refractivity contribution in [1.82, 2.24) is 4.98 Å². The molecule has 0 unspecified atom stereocenters. The number of aromatic nitrogens is 1. The van der Waals surface area contributed by atoms with E-state index in [4.69, 9.17) is 16.6 Å². The molecule has 138 valence electrons. The normalized spacial score (nSPS) is 13.5. The molecule has 3 nitrogen and oxygen atoms in total. The first-order valence-electron chi connectivity index (χ1n) is 9.42. The van der Waals surface area contributed by atoms with Gasteiger partial charge in [-0.2, -0.15) is 0 Å². The summed E-state index contributed by atoms with van der Waals surface area (Å²) >= 11 is 6.65. The van der Waals surface area contributed by atoms with Crippen LogP contribution in [0.2, 0.25) is 5.02 Å². The van der Waals surface area contributed by atoms with E-state index in [0.717, 1.165) is 64.1 Å². The van der Waals surface area contributed by atoms with E-state index in [0.29, 0.717) is 5.56 Å². The minimum absolute atomic E-state index is 0.0405. The van der Waals surface area contributed by atoms with Crippen LogP contribution in [0.5, 0.6) is 0 Å². The molecule has 0 saturated heterocycles. The molecule has 0 aliphatic heterocycles. The molecule has 4 heteroatoms. The lowest BCUT2D eigenvalue weighted by molar-refractivity contribution is 0.0993. The van der Waals surface area contributed by atoms with Crippen molar-refractivity contribution in [3.8, 4) is 0 Å². The summed E-state index contributed by atoms with van der Waals surface area (Å²) in [5, 5.41) is 1.74. The highest BCUT2D eigenvalue weighted by molar-refractivity contribution is 6.36. The van der Waals surface area contributed by atoms with Gasteiger partial charge in [0, 0.05) is 29.4 Å². The van der Waals surface area contributed by atoms with Gasteiger partial charge in [-0.1, -0.05) is 29.8 Å². The summed E-state index contributed by atoms with van der Waals surface area (Å²) in [6.07, 6.45) is 4.27. The van der Waals surface area contributed by atoms with Crippen LogP contribution in [-0.2, 0) is 12.8 Å². The molecule has 0 bridgehead atoms. The fourth-order valence-corrected chi connectivity index (χ4v) is 4.25. The fraction of sp³-hybridized carbons (Fsp3) is 0.304. The van der Waals surface area contributed by atoms with Gasteiger partial charge in [0.15, 0.2) is 0 Å². The van der Waals surface area contributed by atoms with Crippen molar-refractivity contribution < 1.29 is 4.79 Å². The molecule has 0 atom stereocenters. The molecule has 3 aromatic rings. The quantitative estimate of drug-likeness (QED) is 0.576. The maximum Gasteiger partial charge on any atom is 0.258 e. The van der Waals surface area contributed by atoms with Gasteiger partial charge < -0.3 is 4.90 Å². The van der Waals surface area contributed by atoms with E-state index in [1.54, 1.807) is 4.90 Å². The largest absolute Gasteiger partial charge is 0.311 e. The third kappa shape index (κ3) is 3.21. The van der Waals surface area contributed by atoms with Crippen molar-refractivity contribution >= 4 is 34.1 Å². The van der Waals surface area contributed by atoms with E-state index in [9.17, 15) is 4.79 Å². The number of carbonyl (C=O) groups is 1. The Kier molecular flexibility index (Phi) is 4.65. The SMILES string of the molecule is Cc1ccc(C)c(N(C)C(=O)c2ccc3c(Cl)c4c(nc3c2)CCCC4)c1. The van der Waals surface area contributed by atoms with Gasteiger partial charge in [-0.15, -0.1) is 0 Å². The van der Waals surface area contributed by atoms with Crippen LogP contribution >= 0.6 is 11.6 Å². The number of hydrogen-bond donors (Lipinski definition) is 0. The highest BCUT2D eigenvalue weighted by Gasteiger charge is 2.20. The number of fused-ring (bicyclic) bond motifs is 2. The van der Waals surface area contributed by atoms with Gasteiger partial charge in [0.05, 0.1) is 10.5 Å². The zero-order chi connectivity index (χ0) is 19.1. The highest BCUT2D eigenvalue weighted by atomic mass is 35.5. The van der Waals surface area contributed by atoms with Gasteiger partial charge in [-0.25, -0.2) is 0 Å².